The number of hydrogen-bond acceptors (Lipinski definition) is 3. The van der Waals surface area contributed by atoms with Crippen molar-refractivity contribution in [2.45, 2.75) is 39.2 Å². The number of aliphatic carboxylic acids is 1. The Morgan fingerprint density at radius 1 is 1.47 bits per heavy atom. The van der Waals surface area contributed by atoms with Gasteiger partial charge in [-0.15, -0.1) is 0 Å². The lowest BCUT2D eigenvalue weighted by Gasteiger charge is -2.34. The van der Waals surface area contributed by atoms with Gasteiger partial charge in [-0.3, -0.25) is 14.4 Å². The third-order valence-corrected chi connectivity index (χ3v) is 3.48. The summed E-state index contributed by atoms with van der Waals surface area (Å²) in [6.07, 6.45) is 0.813. The van der Waals surface area contributed by atoms with Gasteiger partial charge in [0.2, 0.25) is 11.8 Å². The van der Waals surface area contributed by atoms with Crippen molar-refractivity contribution < 1.29 is 19.5 Å². The van der Waals surface area contributed by atoms with Crippen LogP contribution < -0.4 is 0 Å². The molecule has 6 heteroatoms. The lowest BCUT2D eigenvalue weighted by atomic mass is 9.94. The first kappa shape index (κ1) is 15.5. The number of hydrogen-bond donors (Lipinski definition) is 1. The quantitative estimate of drug-likeness (QED) is 0.792. The summed E-state index contributed by atoms with van der Waals surface area (Å²) in [6, 6.07) is -0.0541. The van der Waals surface area contributed by atoms with Crippen LogP contribution in [0.4, 0.5) is 0 Å². The Labute approximate surface area is 113 Å². The lowest BCUT2D eigenvalue weighted by Crippen LogP contribution is -2.46. The molecule has 1 aliphatic heterocycles. The predicted octanol–water partition coefficient (Wildman–Crippen LogP) is 0.566. The molecule has 1 N–H and O–H groups in total. The maximum absolute atomic E-state index is 12.4. The summed E-state index contributed by atoms with van der Waals surface area (Å²) < 4.78 is 0. The number of carbonyl (C=O) groups is 3. The summed E-state index contributed by atoms with van der Waals surface area (Å²) in [6.45, 7) is 4.50. The van der Waals surface area contributed by atoms with Crippen LogP contribution in [0, 0.1) is 5.92 Å². The van der Waals surface area contributed by atoms with E-state index in [-0.39, 0.29) is 43.2 Å². The van der Waals surface area contributed by atoms with Gasteiger partial charge in [-0.05, 0) is 20.3 Å². The third kappa shape index (κ3) is 4.22. The average Bonchev–Trinajstić information content (AvgIpc) is 2.31. The van der Waals surface area contributed by atoms with E-state index in [9.17, 15) is 14.4 Å². The van der Waals surface area contributed by atoms with Crippen molar-refractivity contribution >= 4 is 17.8 Å². The first-order valence-electron chi connectivity index (χ1n) is 6.59. The maximum atomic E-state index is 12.4. The molecule has 0 radical (unpaired) electrons. The van der Waals surface area contributed by atoms with Crippen LogP contribution in [0.5, 0.6) is 0 Å². The summed E-state index contributed by atoms with van der Waals surface area (Å²) in [5, 5.41) is 8.71. The van der Waals surface area contributed by atoms with E-state index in [4.69, 9.17) is 5.11 Å². The summed E-state index contributed by atoms with van der Waals surface area (Å²) >= 11 is 0. The highest BCUT2D eigenvalue weighted by Gasteiger charge is 2.32. The second kappa shape index (κ2) is 6.54. The molecule has 0 saturated carbocycles. The molecule has 0 aromatic heterocycles. The monoisotopic (exact) mass is 270 g/mol. The van der Waals surface area contributed by atoms with E-state index in [1.807, 2.05) is 13.8 Å². The predicted molar refractivity (Wildman–Crippen MR) is 69.5 cm³/mol. The fourth-order valence-electron chi connectivity index (χ4n) is 2.23. The number of nitrogens with zero attached hydrogens (tertiary/aromatic N) is 2. The van der Waals surface area contributed by atoms with Gasteiger partial charge < -0.3 is 14.9 Å². The molecule has 0 spiro atoms. The van der Waals surface area contributed by atoms with Gasteiger partial charge in [-0.2, -0.15) is 0 Å². The minimum Gasteiger partial charge on any atom is -0.481 e. The van der Waals surface area contributed by atoms with E-state index in [2.05, 4.69) is 0 Å². The zero-order valence-electron chi connectivity index (χ0n) is 11.8. The summed E-state index contributed by atoms with van der Waals surface area (Å²) in [4.78, 5) is 37.8. The lowest BCUT2D eigenvalue weighted by molar-refractivity contribution is -0.146. The minimum atomic E-state index is -0.919. The van der Waals surface area contributed by atoms with E-state index in [0.29, 0.717) is 13.0 Å². The Morgan fingerprint density at radius 2 is 2.11 bits per heavy atom. The van der Waals surface area contributed by atoms with Crippen LogP contribution >= 0.6 is 0 Å². The van der Waals surface area contributed by atoms with E-state index in [1.165, 1.54) is 0 Å². The summed E-state index contributed by atoms with van der Waals surface area (Å²) in [5.41, 5.74) is 0. The molecule has 1 saturated heterocycles. The molecule has 108 valence electrons. The highest BCUT2D eigenvalue weighted by atomic mass is 16.4. The van der Waals surface area contributed by atoms with Crippen molar-refractivity contribution in [2.75, 3.05) is 20.1 Å². The van der Waals surface area contributed by atoms with Gasteiger partial charge in [0.05, 0.1) is 6.42 Å². The third-order valence-electron chi connectivity index (χ3n) is 3.48. The van der Waals surface area contributed by atoms with Gasteiger partial charge in [0, 0.05) is 38.5 Å². The number of likely N-dealkylation sites (tertiary alicyclic amines) is 1. The molecule has 0 aromatic carbocycles. The van der Waals surface area contributed by atoms with Gasteiger partial charge in [-0.1, -0.05) is 0 Å². The van der Waals surface area contributed by atoms with E-state index in [1.54, 1.807) is 16.8 Å². The van der Waals surface area contributed by atoms with Gasteiger partial charge in [-0.25, -0.2) is 0 Å². The standard InChI is InChI=1S/C13H22N2O4/c1-9(2)15(7-5-12(17)18)13(19)10-4-6-14(3)11(16)8-10/h9-10H,4-8H2,1-3H3,(H,17,18). The second-order valence-electron chi connectivity index (χ2n) is 5.27. The zero-order chi connectivity index (χ0) is 14.6. The SMILES string of the molecule is CC(C)N(CCC(=O)O)C(=O)C1CCN(C)C(=O)C1. The summed E-state index contributed by atoms with van der Waals surface area (Å²) in [7, 11) is 1.73. The van der Waals surface area contributed by atoms with Crippen LogP contribution in [-0.2, 0) is 14.4 Å². The molecular weight excluding hydrogens is 248 g/mol. The summed E-state index contributed by atoms with van der Waals surface area (Å²) in [5.74, 6) is -1.35. The molecule has 1 rings (SSSR count). The number of carboxylic acids is 1. The molecule has 19 heavy (non-hydrogen) atoms. The van der Waals surface area contributed by atoms with Gasteiger partial charge >= 0.3 is 5.97 Å². The average molecular weight is 270 g/mol. The number of carbonyl (C=O) groups excluding carboxylic acids is 2. The van der Waals surface area contributed by atoms with Crippen molar-refractivity contribution in [3.63, 3.8) is 0 Å². The Kier molecular flexibility index (Phi) is 5.32. The maximum Gasteiger partial charge on any atom is 0.305 e. The molecule has 0 aromatic rings. The Hall–Kier alpha value is -1.59. The zero-order valence-corrected chi connectivity index (χ0v) is 11.8. The van der Waals surface area contributed by atoms with E-state index >= 15 is 0 Å². The first-order chi connectivity index (χ1) is 8.82. The number of rotatable bonds is 5. The highest BCUT2D eigenvalue weighted by Crippen LogP contribution is 2.21. The molecule has 6 nitrogen and oxygen atoms in total. The van der Waals surface area contributed by atoms with Crippen LogP contribution in [-0.4, -0.2) is 58.9 Å². The normalized spacial score (nSPS) is 19.7. The number of amides is 2. The Bertz CT molecular complexity index is 368. The van der Waals surface area contributed by atoms with Crippen molar-refractivity contribution in [3.8, 4) is 0 Å². The van der Waals surface area contributed by atoms with Crippen LogP contribution in [0.3, 0.4) is 0 Å². The molecule has 0 bridgehead atoms. The van der Waals surface area contributed by atoms with Crippen molar-refractivity contribution in [3.05, 3.63) is 0 Å². The molecule has 1 fully saturated rings. The van der Waals surface area contributed by atoms with Crippen molar-refractivity contribution in [1.82, 2.24) is 9.80 Å². The Morgan fingerprint density at radius 3 is 2.58 bits per heavy atom. The largest absolute Gasteiger partial charge is 0.481 e. The van der Waals surface area contributed by atoms with Gasteiger partial charge in [0.15, 0.2) is 0 Å². The van der Waals surface area contributed by atoms with Gasteiger partial charge in [0.25, 0.3) is 0 Å². The number of carboxylic acid groups (broad SMARTS) is 1. The molecule has 1 aliphatic rings. The van der Waals surface area contributed by atoms with E-state index in [0.717, 1.165) is 0 Å². The van der Waals surface area contributed by atoms with Crippen LogP contribution in [0.15, 0.2) is 0 Å². The highest BCUT2D eigenvalue weighted by molar-refractivity contribution is 5.87. The first-order valence-corrected chi connectivity index (χ1v) is 6.59. The fraction of sp³-hybridized carbons (Fsp3) is 0.769. The van der Waals surface area contributed by atoms with Crippen molar-refractivity contribution in [1.29, 1.82) is 0 Å². The fourth-order valence-corrected chi connectivity index (χ4v) is 2.23. The second-order valence-corrected chi connectivity index (χ2v) is 5.27. The molecular formula is C13H22N2O4. The molecule has 2 amide bonds. The molecule has 1 atom stereocenters. The van der Waals surface area contributed by atoms with Crippen LogP contribution in [0.2, 0.25) is 0 Å². The minimum absolute atomic E-state index is 0.0217. The number of piperidine rings is 1. The molecule has 1 heterocycles. The molecule has 1 unspecified atom stereocenters. The van der Waals surface area contributed by atoms with Gasteiger partial charge in [0.1, 0.15) is 0 Å². The Balaban J connectivity index is 2.66. The molecule has 0 aliphatic carbocycles. The van der Waals surface area contributed by atoms with Crippen molar-refractivity contribution in [2.24, 2.45) is 5.92 Å². The topological polar surface area (TPSA) is 77.9 Å². The van der Waals surface area contributed by atoms with Crippen LogP contribution in [0.25, 0.3) is 0 Å². The van der Waals surface area contributed by atoms with Crippen LogP contribution in [0.1, 0.15) is 33.1 Å². The van der Waals surface area contributed by atoms with E-state index < -0.39 is 5.97 Å². The smallest absolute Gasteiger partial charge is 0.305 e.